The Morgan fingerprint density at radius 3 is 2.31 bits per heavy atom. The average molecular weight is 495 g/mol. The lowest BCUT2D eigenvalue weighted by Crippen LogP contribution is -2.13. The van der Waals surface area contributed by atoms with Gasteiger partial charge in [-0.1, -0.05) is 36.4 Å². The molecule has 3 nitrogen and oxygen atoms in total. The van der Waals surface area contributed by atoms with Crippen molar-refractivity contribution in [3.05, 3.63) is 95.3 Å². The summed E-state index contributed by atoms with van der Waals surface area (Å²) < 4.78 is 54.5. The van der Waals surface area contributed by atoms with Crippen LogP contribution in [0.2, 0.25) is 0 Å². The van der Waals surface area contributed by atoms with Gasteiger partial charge in [-0.3, -0.25) is 0 Å². The summed E-state index contributed by atoms with van der Waals surface area (Å²) in [6, 6.07) is 13.2. The maximum absolute atomic E-state index is 15.0. The molecule has 0 atom stereocenters. The van der Waals surface area contributed by atoms with Crippen molar-refractivity contribution >= 4 is 5.97 Å². The van der Waals surface area contributed by atoms with Crippen LogP contribution in [0, 0.1) is 23.4 Å². The summed E-state index contributed by atoms with van der Waals surface area (Å²) in [5.41, 5.74) is 1.07. The number of esters is 1. The van der Waals surface area contributed by atoms with E-state index in [1.807, 2.05) is 13.0 Å². The molecule has 0 amide bonds. The number of hydrogen-bond donors (Lipinski definition) is 0. The number of ether oxygens (including phenoxy) is 2. The van der Waals surface area contributed by atoms with Crippen molar-refractivity contribution in [1.82, 2.24) is 0 Å². The molecule has 6 heteroatoms. The van der Waals surface area contributed by atoms with E-state index in [0.29, 0.717) is 23.7 Å². The zero-order valence-electron chi connectivity index (χ0n) is 20.4. The predicted octanol–water partition coefficient (Wildman–Crippen LogP) is 8.24. The molecule has 36 heavy (non-hydrogen) atoms. The van der Waals surface area contributed by atoms with Gasteiger partial charge in [-0.25, -0.2) is 18.0 Å². The van der Waals surface area contributed by atoms with Crippen LogP contribution >= 0.6 is 0 Å². The van der Waals surface area contributed by atoms with Crippen LogP contribution in [0.1, 0.15) is 61.4 Å². The van der Waals surface area contributed by atoms with E-state index in [0.717, 1.165) is 31.7 Å². The molecule has 1 aliphatic carbocycles. The second kappa shape index (κ2) is 11.5. The molecule has 4 rings (SSSR count). The quantitative estimate of drug-likeness (QED) is 0.188. The predicted molar refractivity (Wildman–Crippen MR) is 134 cm³/mol. The summed E-state index contributed by atoms with van der Waals surface area (Å²) in [5.74, 6) is -2.28. The monoisotopic (exact) mass is 494 g/mol. The normalized spacial score (nSPS) is 17.8. The third kappa shape index (κ3) is 5.64. The van der Waals surface area contributed by atoms with Crippen LogP contribution in [0.4, 0.5) is 13.2 Å². The average Bonchev–Trinajstić information content (AvgIpc) is 2.88. The molecular weight excluding hydrogens is 465 g/mol. The number of allylic oxidation sites excluding steroid dienone is 2. The first kappa shape index (κ1) is 25.5. The van der Waals surface area contributed by atoms with E-state index in [4.69, 9.17) is 9.47 Å². The third-order valence-corrected chi connectivity index (χ3v) is 6.63. The first-order valence-corrected chi connectivity index (χ1v) is 12.3. The van der Waals surface area contributed by atoms with Crippen molar-refractivity contribution in [3.63, 3.8) is 0 Å². The summed E-state index contributed by atoms with van der Waals surface area (Å²) >= 11 is 0. The van der Waals surface area contributed by atoms with Gasteiger partial charge < -0.3 is 9.47 Å². The van der Waals surface area contributed by atoms with Gasteiger partial charge in [-0.2, -0.15) is 0 Å². The molecule has 3 aromatic rings. The molecule has 1 aliphatic rings. The molecule has 0 spiro atoms. The van der Waals surface area contributed by atoms with Crippen molar-refractivity contribution in [3.8, 4) is 22.6 Å². The molecule has 0 aromatic heterocycles. The van der Waals surface area contributed by atoms with Gasteiger partial charge in [0.25, 0.3) is 0 Å². The Bertz CT molecular complexity index is 1240. The molecule has 0 saturated heterocycles. The topological polar surface area (TPSA) is 35.5 Å². The number of rotatable bonds is 7. The minimum absolute atomic E-state index is 0.0179. The van der Waals surface area contributed by atoms with Crippen LogP contribution in [0.15, 0.2) is 66.7 Å². The molecule has 0 N–H and O–H groups in total. The highest BCUT2D eigenvalue weighted by atomic mass is 19.2. The van der Waals surface area contributed by atoms with Gasteiger partial charge in [0.05, 0.1) is 12.2 Å². The third-order valence-electron chi connectivity index (χ3n) is 6.63. The van der Waals surface area contributed by atoms with E-state index in [1.165, 1.54) is 24.3 Å². The van der Waals surface area contributed by atoms with E-state index >= 15 is 8.78 Å². The largest absolute Gasteiger partial charge is 0.491 e. The zero-order valence-corrected chi connectivity index (χ0v) is 20.4. The summed E-state index contributed by atoms with van der Waals surface area (Å²) in [5, 5.41) is 0. The number of halogens is 3. The molecule has 1 saturated carbocycles. The molecule has 0 unspecified atom stereocenters. The van der Waals surface area contributed by atoms with Gasteiger partial charge in [0.1, 0.15) is 5.75 Å². The van der Waals surface area contributed by atoms with Crippen LogP contribution in [0.5, 0.6) is 11.5 Å². The molecule has 1 fully saturated rings. The van der Waals surface area contributed by atoms with Crippen LogP contribution in [-0.2, 0) is 0 Å². The summed E-state index contributed by atoms with van der Waals surface area (Å²) in [6.07, 6.45) is 7.86. The summed E-state index contributed by atoms with van der Waals surface area (Å²) in [4.78, 5) is 12.4. The highest BCUT2D eigenvalue weighted by Crippen LogP contribution is 2.39. The fourth-order valence-corrected chi connectivity index (χ4v) is 4.77. The Balaban J connectivity index is 1.45. The van der Waals surface area contributed by atoms with Gasteiger partial charge in [0.15, 0.2) is 23.2 Å². The second-order valence-electron chi connectivity index (χ2n) is 8.96. The maximum atomic E-state index is 15.0. The number of hydrogen-bond acceptors (Lipinski definition) is 3. The minimum Gasteiger partial charge on any atom is -0.491 e. The Labute approximate surface area is 209 Å². The SMILES string of the molecule is C/C=C/C1CCC(c2ccc(-c3ccc(OC(=O)c4ccc(OCC)c(F)c4)cc3)c(F)c2F)CC1. The lowest BCUT2D eigenvalue weighted by molar-refractivity contribution is 0.0734. The Kier molecular flexibility index (Phi) is 8.14. The summed E-state index contributed by atoms with van der Waals surface area (Å²) in [6.45, 7) is 4.04. The highest BCUT2D eigenvalue weighted by Gasteiger charge is 2.25. The molecule has 0 radical (unpaired) electrons. The van der Waals surface area contributed by atoms with Crippen LogP contribution in [0.3, 0.4) is 0 Å². The number of carbonyl (C=O) groups excluding carboxylic acids is 1. The van der Waals surface area contributed by atoms with Crippen LogP contribution < -0.4 is 9.47 Å². The van der Waals surface area contributed by atoms with Gasteiger partial charge in [0, 0.05) is 5.56 Å². The minimum atomic E-state index is -0.877. The molecule has 188 valence electrons. The van der Waals surface area contributed by atoms with E-state index in [9.17, 15) is 9.18 Å². The Hall–Kier alpha value is -3.54. The van der Waals surface area contributed by atoms with E-state index < -0.39 is 23.4 Å². The molecule has 0 heterocycles. The zero-order chi connectivity index (χ0) is 25.7. The van der Waals surface area contributed by atoms with Gasteiger partial charge in [0.2, 0.25) is 0 Å². The van der Waals surface area contributed by atoms with Crippen LogP contribution in [0.25, 0.3) is 11.1 Å². The highest BCUT2D eigenvalue weighted by molar-refractivity contribution is 5.91. The first-order chi connectivity index (χ1) is 17.4. The summed E-state index contributed by atoms with van der Waals surface area (Å²) in [7, 11) is 0. The van der Waals surface area contributed by atoms with E-state index in [1.54, 1.807) is 31.2 Å². The van der Waals surface area contributed by atoms with Crippen LogP contribution in [-0.4, -0.2) is 12.6 Å². The fraction of sp³-hybridized carbons (Fsp3) is 0.300. The van der Waals surface area contributed by atoms with Crippen molar-refractivity contribution in [2.45, 2.75) is 45.4 Å². The van der Waals surface area contributed by atoms with E-state index in [2.05, 4.69) is 6.08 Å². The standard InChI is InChI=1S/C30H29F3O3/c1-3-5-19-6-8-20(9-7-19)24-15-16-25(29(33)28(24)32)21-10-13-23(14-11-21)36-30(34)22-12-17-27(35-4-2)26(31)18-22/h3,5,10-20H,4,6-9H2,1-2H3/b5-3+. The van der Waals surface area contributed by atoms with E-state index in [-0.39, 0.29) is 28.5 Å². The van der Waals surface area contributed by atoms with Crippen molar-refractivity contribution in [1.29, 1.82) is 0 Å². The molecule has 3 aromatic carbocycles. The lowest BCUT2D eigenvalue weighted by Gasteiger charge is -2.27. The van der Waals surface area contributed by atoms with Crippen molar-refractivity contribution < 1.29 is 27.4 Å². The fourth-order valence-electron chi connectivity index (χ4n) is 4.77. The maximum Gasteiger partial charge on any atom is 0.343 e. The smallest absolute Gasteiger partial charge is 0.343 e. The Morgan fingerprint density at radius 2 is 1.67 bits per heavy atom. The molecule has 0 bridgehead atoms. The number of carbonyl (C=O) groups is 1. The lowest BCUT2D eigenvalue weighted by atomic mass is 9.78. The first-order valence-electron chi connectivity index (χ1n) is 12.3. The number of benzene rings is 3. The molecule has 0 aliphatic heterocycles. The second-order valence-corrected chi connectivity index (χ2v) is 8.96. The van der Waals surface area contributed by atoms with Gasteiger partial charge in [-0.05, 0) is 92.8 Å². The van der Waals surface area contributed by atoms with Gasteiger partial charge in [-0.15, -0.1) is 0 Å². The molecular formula is C30H29F3O3. The Morgan fingerprint density at radius 1 is 0.944 bits per heavy atom. The van der Waals surface area contributed by atoms with Crippen molar-refractivity contribution in [2.24, 2.45) is 5.92 Å². The van der Waals surface area contributed by atoms with Crippen molar-refractivity contribution in [2.75, 3.05) is 6.61 Å². The van der Waals surface area contributed by atoms with Gasteiger partial charge >= 0.3 is 5.97 Å².